The minimum atomic E-state index is -4.84. The molecule has 1 fully saturated rings. The number of ether oxygens (including phenoxy) is 1. The summed E-state index contributed by atoms with van der Waals surface area (Å²) in [4.78, 5) is 25.1. The summed E-state index contributed by atoms with van der Waals surface area (Å²) in [7, 11) is 0. The predicted molar refractivity (Wildman–Crippen MR) is 93.8 cm³/mol. The SMILES string of the molecule is C[C@@H]1[C@H](c2cc(F)cc(F)c2F)CC(OC(N)=O)(C(C)(C)C)C(=O)N1CC(F)(F)F. The van der Waals surface area contributed by atoms with Crippen molar-refractivity contribution < 1.29 is 40.7 Å². The number of hydrogen-bond donors (Lipinski definition) is 1. The number of alkyl halides is 3. The van der Waals surface area contributed by atoms with Crippen LogP contribution in [0.25, 0.3) is 0 Å². The van der Waals surface area contributed by atoms with E-state index in [1.165, 1.54) is 27.7 Å². The van der Waals surface area contributed by atoms with Gasteiger partial charge in [-0.15, -0.1) is 0 Å². The average molecular weight is 440 g/mol. The maximum Gasteiger partial charge on any atom is 0.406 e. The Kier molecular flexibility index (Phi) is 6.08. The van der Waals surface area contributed by atoms with Crippen molar-refractivity contribution >= 4 is 12.0 Å². The van der Waals surface area contributed by atoms with Crippen LogP contribution in [-0.4, -0.2) is 41.3 Å². The van der Waals surface area contributed by atoms with Crippen LogP contribution in [0.15, 0.2) is 12.1 Å². The van der Waals surface area contributed by atoms with Gasteiger partial charge in [0.25, 0.3) is 5.91 Å². The minimum absolute atomic E-state index is 0.294. The van der Waals surface area contributed by atoms with E-state index in [9.17, 15) is 35.9 Å². The highest BCUT2D eigenvalue weighted by atomic mass is 19.4. The molecule has 0 radical (unpaired) electrons. The van der Waals surface area contributed by atoms with Gasteiger partial charge >= 0.3 is 12.3 Å². The van der Waals surface area contributed by atoms with Crippen molar-refractivity contribution in [3.8, 4) is 0 Å². The second-order valence-corrected chi connectivity index (χ2v) is 8.39. The normalized spacial score (nSPS) is 25.4. The van der Waals surface area contributed by atoms with E-state index in [0.717, 1.165) is 0 Å². The summed E-state index contributed by atoms with van der Waals surface area (Å²) in [6, 6.07) is -0.373. The van der Waals surface area contributed by atoms with Crippen LogP contribution in [0, 0.1) is 22.9 Å². The summed E-state index contributed by atoms with van der Waals surface area (Å²) in [5.74, 6) is -6.64. The molecule has 1 heterocycles. The molecule has 0 aliphatic carbocycles. The maximum atomic E-state index is 14.5. The summed E-state index contributed by atoms with van der Waals surface area (Å²) in [5, 5.41) is 0. The molecule has 11 heteroatoms. The molecule has 1 aliphatic rings. The Morgan fingerprint density at radius 1 is 1.23 bits per heavy atom. The Morgan fingerprint density at radius 2 is 1.80 bits per heavy atom. The molecule has 1 saturated heterocycles. The van der Waals surface area contributed by atoms with E-state index in [1.54, 1.807) is 0 Å². The van der Waals surface area contributed by atoms with E-state index in [0.29, 0.717) is 17.0 Å². The van der Waals surface area contributed by atoms with Gasteiger partial charge in [0.15, 0.2) is 17.2 Å². The number of carbonyl (C=O) groups excluding carboxylic acids is 2. The molecular weight excluding hydrogens is 418 g/mol. The average Bonchev–Trinajstić information content (AvgIpc) is 2.55. The zero-order valence-corrected chi connectivity index (χ0v) is 16.7. The first kappa shape index (κ1) is 23.8. The zero-order chi connectivity index (χ0) is 23.2. The molecule has 0 spiro atoms. The van der Waals surface area contributed by atoms with Gasteiger partial charge < -0.3 is 15.4 Å². The number of likely N-dealkylation sites (tertiary alicyclic amines) is 1. The summed E-state index contributed by atoms with van der Waals surface area (Å²) >= 11 is 0. The van der Waals surface area contributed by atoms with Crippen molar-refractivity contribution in [1.82, 2.24) is 4.90 Å². The Labute approximate surface area is 169 Å². The molecule has 168 valence electrons. The van der Waals surface area contributed by atoms with Gasteiger partial charge in [-0.3, -0.25) is 4.79 Å². The lowest BCUT2D eigenvalue weighted by Gasteiger charge is -2.53. The van der Waals surface area contributed by atoms with Crippen molar-refractivity contribution in [3.05, 3.63) is 35.1 Å². The number of amides is 2. The van der Waals surface area contributed by atoms with E-state index in [2.05, 4.69) is 0 Å². The van der Waals surface area contributed by atoms with Crippen molar-refractivity contribution in [2.45, 2.75) is 57.9 Å². The summed E-state index contributed by atoms with van der Waals surface area (Å²) in [6.07, 6.45) is -6.79. The number of nitrogens with two attached hydrogens (primary N) is 1. The molecule has 1 aromatic rings. The lowest BCUT2D eigenvalue weighted by molar-refractivity contribution is -0.197. The number of primary amides is 1. The Hall–Kier alpha value is -2.46. The number of rotatable bonds is 3. The van der Waals surface area contributed by atoms with Gasteiger partial charge in [-0.1, -0.05) is 20.8 Å². The van der Waals surface area contributed by atoms with E-state index in [-0.39, 0.29) is 0 Å². The topological polar surface area (TPSA) is 72.6 Å². The number of halogens is 6. The third-order valence-corrected chi connectivity index (χ3v) is 5.44. The maximum absolute atomic E-state index is 14.5. The molecule has 30 heavy (non-hydrogen) atoms. The molecule has 0 saturated carbocycles. The van der Waals surface area contributed by atoms with Crippen LogP contribution in [0.1, 0.15) is 45.6 Å². The lowest BCUT2D eigenvalue weighted by atomic mass is 9.65. The molecule has 1 aliphatic heterocycles. The molecule has 2 rings (SSSR count). The van der Waals surface area contributed by atoms with Crippen molar-refractivity contribution in [3.63, 3.8) is 0 Å². The van der Waals surface area contributed by atoms with Crippen molar-refractivity contribution in [1.29, 1.82) is 0 Å². The van der Waals surface area contributed by atoms with Crippen LogP contribution < -0.4 is 5.73 Å². The minimum Gasteiger partial charge on any atom is -0.432 e. The lowest BCUT2D eigenvalue weighted by Crippen LogP contribution is -2.67. The van der Waals surface area contributed by atoms with E-state index < -0.39 is 77.1 Å². The quantitative estimate of drug-likeness (QED) is 0.564. The first-order valence-corrected chi connectivity index (χ1v) is 9.01. The molecule has 1 unspecified atom stereocenters. The Bertz CT molecular complexity index is 852. The standard InChI is InChI=1S/C19H22F6N2O3/c1-9-12(11-5-10(20)6-13(21)14(11)22)7-18(17(2,3)4,30-16(26)29)15(28)27(9)8-19(23,24)25/h5-6,9,12H,7-8H2,1-4H3,(H2,26,29)/t9-,12-,18?/m1/s1. The first-order valence-electron chi connectivity index (χ1n) is 9.01. The Balaban J connectivity index is 2.74. The fourth-order valence-electron chi connectivity index (χ4n) is 3.86. The van der Waals surface area contributed by atoms with Crippen LogP contribution in [0.3, 0.4) is 0 Å². The number of benzene rings is 1. The summed E-state index contributed by atoms with van der Waals surface area (Å²) in [5.41, 5.74) is 1.01. The monoisotopic (exact) mass is 440 g/mol. The largest absolute Gasteiger partial charge is 0.432 e. The number of piperidine rings is 1. The first-order chi connectivity index (χ1) is 13.5. The van der Waals surface area contributed by atoms with Crippen molar-refractivity contribution in [2.24, 2.45) is 11.1 Å². The number of hydrogen-bond acceptors (Lipinski definition) is 3. The van der Waals surface area contributed by atoms with Gasteiger partial charge in [0, 0.05) is 29.9 Å². The molecule has 1 aromatic carbocycles. The van der Waals surface area contributed by atoms with E-state index >= 15 is 0 Å². The molecule has 2 amide bonds. The second-order valence-electron chi connectivity index (χ2n) is 8.39. The zero-order valence-electron chi connectivity index (χ0n) is 16.7. The predicted octanol–water partition coefficient (Wildman–Crippen LogP) is 4.25. The third-order valence-electron chi connectivity index (χ3n) is 5.44. The smallest absolute Gasteiger partial charge is 0.406 e. The van der Waals surface area contributed by atoms with Gasteiger partial charge in [0.05, 0.1) is 0 Å². The van der Waals surface area contributed by atoms with Gasteiger partial charge in [0.2, 0.25) is 0 Å². The Morgan fingerprint density at radius 3 is 2.27 bits per heavy atom. The van der Waals surface area contributed by atoms with Crippen LogP contribution in [-0.2, 0) is 9.53 Å². The van der Waals surface area contributed by atoms with E-state index in [1.807, 2.05) is 0 Å². The highest BCUT2D eigenvalue weighted by Gasteiger charge is 2.61. The van der Waals surface area contributed by atoms with Crippen LogP contribution in [0.4, 0.5) is 31.1 Å². The molecule has 3 atom stereocenters. The fraction of sp³-hybridized carbons (Fsp3) is 0.579. The summed E-state index contributed by atoms with van der Waals surface area (Å²) in [6.45, 7) is 3.75. The third kappa shape index (κ3) is 4.34. The number of nitrogens with zero attached hydrogens (tertiary/aromatic N) is 1. The highest BCUT2D eigenvalue weighted by molar-refractivity contribution is 5.90. The fourth-order valence-corrected chi connectivity index (χ4v) is 3.86. The van der Waals surface area contributed by atoms with Crippen molar-refractivity contribution in [2.75, 3.05) is 6.54 Å². The van der Waals surface area contributed by atoms with E-state index in [4.69, 9.17) is 10.5 Å². The molecular formula is C19H22F6N2O3. The van der Waals surface area contributed by atoms with Crippen LogP contribution >= 0.6 is 0 Å². The van der Waals surface area contributed by atoms with Gasteiger partial charge in [-0.25, -0.2) is 18.0 Å². The summed E-state index contributed by atoms with van der Waals surface area (Å²) < 4.78 is 86.8. The molecule has 5 nitrogen and oxygen atoms in total. The van der Waals surface area contributed by atoms with Gasteiger partial charge in [-0.2, -0.15) is 13.2 Å². The molecule has 2 N–H and O–H groups in total. The second kappa shape index (κ2) is 7.66. The highest BCUT2D eigenvalue weighted by Crippen LogP contribution is 2.49. The van der Waals surface area contributed by atoms with Crippen LogP contribution in [0.5, 0.6) is 0 Å². The molecule has 0 aromatic heterocycles. The van der Waals surface area contributed by atoms with Gasteiger partial charge in [0.1, 0.15) is 12.4 Å². The molecule has 0 bridgehead atoms. The number of carbonyl (C=O) groups is 2. The van der Waals surface area contributed by atoms with Crippen LogP contribution in [0.2, 0.25) is 0 Å². The van der Waals surface area contributed by atoms with Gasteiger partial charge in [-0.05, 0) is 18.6 Å².